The molecule has 0 amide bonds. The maximum Gasteiger partial charge on any atom is 0.128 e. The summed E-state index contributed by atoms with van der Waals surface area (Å²) < 4.78 is 26.5. The monoisotopic (exact) mass is 184 g/mol. The molecule has 0 saturated heterocycles. The van der Waals surface area contributed by atoms with Crippen molar-refractivity contribution in [3.63, 3.8) is 0 Å². The molecule has 1 unspecified atom stereocenters. The molecular formula is C11H14F2. The van der Waals surface area contributed by atoms with Crippen molar-refractivity contribution >= 4 is 0 Å². The Morgan fingerprint density at radius 1 is 1.23 bits per heavy atom. The van der Waals surface area contributed by atoms with Crippen LogP contribution in [0.2, 0.25) is 0 Å². The van der Waals surface area contributed by atoms with E-state index in [4.69, 9.17) is 0 Å². The average molecular weight is 184 g/mol. The highest BCUT2D eigenvalue weighted by atomic mass is 19.2. The summed E-state index contributed by atoms with van der Waals surface area (Å²) in [5, 5.41) is 0. The van der Waals surface area contributed by atoms with Crippen LogP contribution in [0.5, 0.6) is 0 Å². The highest BCUT2D eigenvalue weighted by molar-refractivity contribution is 5.17. The van der Waals surface area contributed by atoms with E-state index in [0.717, 1.165) is 0 Å². The third-order valence-corrected chi connectivity index (χ3v) is 1.83. The molecule has 0 fully saturated rings. The zero-order chi connectivity index (χ0) is 9.90. The lowest BCUT2D eigenvalue weighted by Gasteiger charge is -2.17. The molecule has 0 spiro atoms. The van der Waals surface area contributed by atoms with Gasteiger partial charge in [-0.1, -0.05) is 30.3 Å². The number of hydrogen-bond donors (Lipinski definition) is 0. The zero-order valence-electron chi connectivity index (χ0n) is 7.93. The summed E-state index contributed by atoms with van der Waals surface area (Å²) in [7, 11) is 0. The van der Waals surface area contributed by atoms with E-state index in [2.05, 4.69) is 0 Å². The molecule has 2 heteroatoms. The Balaban J connectivity index is 2.64. The molecule has 0 radical (unpaired) electrons. The number of halogens is 2. The van der Waals surface area contributed by atoms with Crippen LogP contribution in [-0.4, -0.2) is 5.67 Å². The molecular weight excluding hydrogens is 170 g/mol. The molecule has 72 valence electrons. The fraction of sp³-hybridized carbons (Fsp3) is 0.455. The van der Waals surface area contributed by atoms with E-state index in [9.17, 15) is 8.78 Å². The molecule has 1 rings (SSSR count). The van der Waals surface area contributed by atoms with Gasteiger partial charge in [0.25, 0.3) is 0 Å². The molecule has 1 atom stereocenters. The highest BCUT2D eigenvalue weighted by Crippen LogP contribution is 2.28. The minimum Gasteiger partial charge on any atom is -0.244 e. The summed E-state index contributed by atoms with van der Waals surface area (Å²) in [4.78, 5) is 0. The molecule has 0 heterocycles. The molecule has 0 bridgehead atoms. The van der Waals surface area contributed by atoms with Gasteiger partial charge in [-0.3, -0.25) is 0 Å². The van der Waals surface area contributed by atoms with Crippen molar-refractivity contribution in [3.05, 3.63) is 35.9 Å². The average Bonchev–Trinajstić information content (AvgIpc) is 2.03. The first-order valence-corrected chi connectivity index (χ1v) is 4.37. The summed E-state index contributed by atoms with van der Waals surface area (Å²) >= 11 is 0. The zero-order valence-corrected chi connectivity index (χ0v) is 7.93. The van der Waals surface area contributed by atoms with Crippen molar-refractivity contribution in [1.82, 2.24) is 0 Å². The van der Waals surface area contributed by atoms with Crippen molar-refractivity contribution in [2.45, 2.75) is 32.1 Å². The van der Waals surface area contributed by atoms with Crippen molar-refractivity contribution in [2.75, 3.05) is 0 Å². The Morgan fingerprint density at radius 3 is 2.23 bits per heavy atom. The van der Waals surface area contributed by atoms with Crippen LogP contribution in [0.1, 0.15) is 32.0 Å². The summed E-state index contributed by atoms with van der Waals surface area (Å²) in [5.41, 5.74) is -0.900. The largest absolute Gasteiger partial charge is 0.244 e. The van der Waals surface area contributed by atoms with E-state index in [1.165, 1.54) is 13.8 Å². The van der Waals surface area contributed by atoms with Crippen molar-refractivity contribution < 1.29 is 8.78 Å². The van der Waals surface area contributed by atoms with Crippen LogP contribution >= 0.6 is 0 Å². The van der Waals surface area contributed by atoms with Gasteiger partial charge in [-0.2, -0.15) is 0 Å². The van der Waals surface area contributed by atoms with Crippen LogP contribution in [0, 0.1) is 0 Å². The first-order chi connectivity index (χ1) is 5.99. The predicted molar refractivity (Wildman–Crippen MR) is 50.1 cm³/mol. The van der Waals surface area contributed by atoms with E-state index < -0.39 is 11.8 Å². The van der Waals surface area contributed by atoms with Gasteiger partial charge in [-0.05, 0) is 19.4 Å². The molecule has 1 aromatic rings. The van der Waals surface area contributed by atoms with Crippen LogP contribution in [0.4, 0.5) is 8.78 Å². The van der Waals surface area contributed by atoms with Gasteiger partial charge in [0.05, 0.1) is 0 Å². The van der Waals surface area contributed by atoms with E-state index >= 15 is 0 Å². The molecule has 13 heavy (non-hydrogen) atoms. The Bertz CT molecular complexity index is 249. The molecule has 0 aliphatic rings. The van der Waals surface area contributed by atoms with Gasteiger partial charge >= 0.3 is 0 Å². The van der Waals surface area contributed by atoms with Crippen molar-refractivity contribution in [1.29, 1.82) is 0 Å². The Kier molecular flexibility index (Phi) is 3.02. The predicted octanol–water partition coefficient (Wildman–Crippen LogP) is 3.84. The summed E-state index contributed by atoms with van der Waals surface area (Å²) in [6.07, 6.45) is -1.29. The van der Waals surface area contributed by atoms with Crippen LogP contribution in [0.25, 0.3) is 0 Å². The van der Waals surface area contributed by atoms with Gasteiger partial charge in [0, 0.05) is 6.42 Å². The van der Waals surface area contributed by atoms with Gasteiger partial charge in [0.2, 0.25) is 0 Å². The van der Waals surface area contributed by atoms with Crippen LogP contribution < -0.4 is 0 Å². The second-order valence-electron chi connectivity index (χ2n) is 3.80. The van der Waals surface area contributed by atoms with Crippen LogP contribution in [0.3, 0.4) is 0 Å². The first-order valence-electron chi connectivity index (χ1n) is 4.37. The standard InChI is InChI=1S/C11H14F2/c1-11(2,13)8-10(12)9-6-4-3-5-7-9/h3-7,10H,8H2,1-2H3. The second kappa shape index (κ2) is 3.86. The fourth-order valence-electron chi connectivity index (χ4n) is 1.21. The lowest BCUT2D eigenvalue weighted by atomic mass is 9.99. The Morgan fingerprint density at radius 2 is 1.77 bits per heavy atom. The number of hydrogen-bond acceptors (Lipinski definition) is 0. The van der Waals surface area contributed by atoms with Gasteiger partial charge < -0.3 is 0 Å². The number of rotatable bonds is 3. The SMILES string of the molecule is CC(C)(F)CC(F)c1ccccc1. The Hall–Kier alpha value is -0.920. The van der Waals surface area contributed by atoms with Gasteiger partial charge in [0.15, 0.2) is 0 Å². The maximum absolute atomic E-state index is 13.4. The van der Waals surface area contributed by atoms with Crippen molar-refractivity contribution in [2.24, 2.45) is 0 Å². The highest BCUT2D eigenvalue weighted by Gasteiger charge is 2.22. The van der Waals surface area contributed by atoms with Crippen LogP contribution in [0.15, 0.2) is 30.3 Å². The topological polar surface area (TPSA) is 0 Å². The first kappa shape index (κ1) is 10.2. The lowest BCUT2D eigenvalue weighted by molar-refractivity contribution is 0.144. The molecule has 0 N–H and O–H groups in total. The normalized spacial score (nSPS) is 14.2. The number of alkyl halides is 2. The maximum atomic E-state index is 13.4. The van der Waals surface area contributed by atoms with E-state index in [1.807, 2.05) is 6.07 Å². The molecule has 0 saturated carbocycles. The molecule has 0 nitrogen and oxygen atoms in total. The molecule has 1 aromatic carbocycles. The van der Waals surface area contributed by atoms with Gasteiger partial charge in [-0.15, -0.1) is 0 Å². The fourth-order valence-corrected chi connectivity index (χ4v) is 1.21. The second-order valence-corrected chi connectivity index (χ2v) is 3.80. The third kappa shape index (κ3) is 3.53. The summed E-state index contributed by atoms with van der Waals surface area (Å²) in [6.45, 7) is 2.78. The smallest absolute Gasteiger partial charge is 0.128 e. The third-order valence-electron chi connectivity index (χ3n) is 1.83. The summed E-state index contributed by atoms with van der Waals surface area (Å²) in [5.74, 6) is 0. The quantitative estimate of drug-likeness (QED) is 0.669. The van der Waals surface area contributed by atoms with Crippen molar-refractivity contribution in [3.8, 4) is 0 Å². The molecule has 0 aromatic heterocycles. The number of benzene rings is 1. The van der Waals surface area contributed by atoms with E-state index in [-0.39, 0.29) is 6.42 Å². The van der Waals surface area contributed by atoms with E-state index in [1.54, 1.807) is 24.3 Å². The minimum absolute atomic E-state index is 0.0863. The Labute approximate surface area is 77.6 Å². The van der Waals surface area contributed by atoms with Gasteiger partial charge in [-0.25, -0.2) is 8.78 Å². The molecule has 0 aliphatic heterocycles. The molecule has 0 aliphatic carbocycles. The van der Waals surface area contributed by atoms with E-state index in [0.29, 0.717) is 5.56 Å². The van der Waals surface area contributed by atoms with Crippen LogP contribution in [-0.2, 0) is 0 Å². The minimum atomic E-state index is -1.45. The summed E-state index contributed by atoms with van der Waals surface area (Å²) in [6, 6.07) is 8.68. The van der Waals surface area contributed by atoms with Gasteiger partial charge in [0.1, 0.15) is 11.8 Å². The lowest BCUT2D eigenvalue weighted by Crippen LogP contribution is -2.14.